The average molecular weight is 244 g/mol. The van der Waals surface area contributed by atoms with Crippen molar-refractivity contribution in [3.63, 3.8) is 0 Å². The van der Waals surface area contributed by atoms with Gasteiger partial charge in [-0.3, -0.25) is 4.98 Å². The molecule has 4 nitrogen and oxygen atoms in total. The zero-order valence-corrected chi connectivity index (χ0v) is 9.55. The molecule has 84 valence electrons. The van der Waals surface area contributed by atoms with Crippen molar-refractivity contribution in [2.45, 2.75) is 9.79 Å². The third kappa shape index (κ3) is 2.17. The lowest BCUT2D eigenvalue weighted by Crippen LogP contribution is -2.02. The van der Waals surface area contributed by atoms with Crippen LogP contribution in [0.4, 0.5) is 0 Å². The van der Waals surface area contributed by atoms with Crippen LogP contribution in [0.3, 0.4) is 0 Å². The summed E-state index contributed by atoms with van der Waals surface area (Å²) in [6.07, 6.45) is 2.56. The van der Waals surface area contributed by atoms with Crippen LogP contribution in [0.5, 0.6) is 0 Å². The van der Waals surface area contributed by atoms with E-state index in [1.54, 1.807) is 18.2 Å². The normalized spacial score (nSPS) is 10.8. The summed E-state index contributed by atoms with van der Waals surface area (Å²) < 4.78 is 24.3. The van der Waals surface area contributed by atoms with E-state index in [-0.39, 0.29) is 15.4 Å². The first-order chi connectivity index (χ1) is 8.14. The van der Waals surface area contributed by atoms with Crippen LogP contribution in [0.25, 0.3) is 0 Å². The maximum absolute atomic E-state index is 12.2. The number of nitriles is 1. The van der Waals surface area contributed by atoms with E-state index >= 15 is 0 Å². The third-order valence-electron chi connectivity index (χ3n) is 2.21. The van der Waals surface area contributed by atoms with Gasteiger partial charge in [0.15, 0.2) is 0 Å². The Hall–Kier alpha value is -2.19. The SMILES string of the molecule is N#Cc1cncc(S(=O)(=O)c2ccccc2)c1. The molecule has 0 aliphatic heterocycles. The van der Waals surface area contributed by atoms with E-state index < -0.39 is 9.84 Å². The topological polar surface area (TPSA) is 70.8 Å². The second-order valence-electron chi connectivity index (χ2n) is 3.34. The highest BCUT2D eigenvalue weighted by Crippen LogP contribution is 2.19. The minimum absolute atomic E-state index is 0.0303. The van der Waals surface area contributed by atoms with Crippen molar-refractivity contribution in [1.29, 1.82) is 5.26 Å². The van der Waals surface area contributed by atoms with E-state index in [4.69, 9.17) is 5.26 Å². The Morgan fingerprint density at radius 2 is 1.76 bits per heavy atom. The molecule has 0 radical (unpaired) electrons. The van der Waals surface area contributed by atoms with Crippen LogP contribution in [0.2, 0.25) is 0 Å². The van der Waals surface area contributed by atoms with Crippen molar-refractivity contribution < 1.29 is 8.42 Å². The highest BCUT2D eigenvalue weighted by Gasteiger charge is 2.17. The molecule has 1 aromatic carbocycles. The monoisotopic (exact) mass is 244 g/mol. The molecule has 0 aliphatic carbocycles. The van der Waals surface area contributed by atoms with Crippen LogP contribution in [0.15, 0.2) is 58.6 Å². The van der Waals surface area contributed by atoms with Crippen molar-refractivity contribution >= 4 is 9.84 Å². The Morgan fingerprint density at radius 3 is 2.41 bits per heavy atom. The molecule has 2 rings (SSSR count). The second kappa shape index (κ2) is 4.36. The van der Waals surface area contributed by atoms with E-state index in [9.17, 15) is 8.42 Å². The first-order valence-corrected chi connectivity index (χ1v) is 6.28. The van der Waals surface area contributed by atoms with Crippen LogP contribution in [-0.4, -0.2) is 13.4 Å². The lowest BCUT2D eigenvalue weighted by atomic mass is 10.3. The Balaban J connectivity index is 2.57. The summed E-state index contributed by atoms with van der Waals surface area (Å²) in [4.78, 5) is 3.97. The number of benzene rings is 1. The minimum Gasteiger partial charge on any atom is -0.262 e. The fourth-order valence-electron chi connectivity index (χ4n) is 1.36. The summed E-state index contributed by atoms with van der Waals surface area (Å²) in [5, 5.41) is 8.71. The molecule has 5 heteroatoms. The van der Waals surface area contributed by atoms with Crippen LogP contribution < -0.4 is 0 Å². The van der Waals surface area contributed by atoms with Gasteiger partial charge >= 0.3 is 0 Å². The van der Waals surface area contributed by atoms with Gasteiger partial charge in [-0.2, -0.15) is 5.26 Å². The number of hydrogen-bond donors (Lipinski definition) is 0. The number of hydrogen-bond acceptors (Lipinski definition) is 4. The Labute approximate surface area is 99.1 Å². The van der Waals surface area contributed by atoms with Gasteiger partial charge in [-0.1, -0.05) is 18.2 Å². The Morgan fingerprint density at radius 1 is 1.06 bits per heavy atom. The molecular weight excluding hydrogens is 236 g/mol. The van der Waals surface area contributed by atoms with Gasteiger partial charge in [-0.25, -0.2) is 8.42 Å². The van der Waals surface area contributed by atoms with Gasteiger partial charge in [-0.15, -0.1) is 0 Å². The van der Waals surface area contributed by atoms with Gasteiger partial charge in [-0.05, 0) is 18.2 Å². The summed E-state index contributed by atoms with van der Waals surface area (Å²) >= 11 is 0. The van der Waals surface area contributed by atoms with Crippen LogP contribution >= 0.6 is 0 Å². The molecule has 2 aromatic rings. The molecule has 0 unspecified atom stereocenters. The number of rotatable bonds is 2. The largest absolute Gasteiger partial charge is 0.262 e. The third-order valence-corrected chi connectivity index (χ3v) is 3.94. The fourth-order valence-corrected chi connectivity index (χ4v) is 2.63. The Bertz CT molecular complexity index is 673. The summed E-state index contributed by atoms with van der Waals surface area (Å²) in [7, 11) is -3.59. The molecule has 0 fully saturated rings. The maximum atomic E-state index is 12.2. The summed E-state index contributed by atoms with van der Waals surface area (Å²) in [6, 6.07) is 11.2. The molecule has 0 N–H and O–H groups in total. The van der Waals surface area contributed by atoms with E-state index in [1.807, 2.05) is 6.07 Å². The van der Waals surface area contributed by atoms with Crippen molar-refractivity contribution in [1.82, 2.24) is 4.98 Å². The predicted octanol–water partition coefficient (Wildman–Crippen LogP) is 1.79. The lowest BCUT2D eigenvalue weighted by molar-refractivity contribution is 0.595. The number of pyridine rings is 1. The van der Waals surface area contributed by atoms with Crippen molar-refractivity contribution in [2.75, 3.05) is 0 Å². The van der Waals surface area contributed by atoms with Gasteiger partial charge in [0.1, 0.15) is 6.07 Å². The van der Waals surface area contributed by atoms with E-state index in [0.717, 1.165) is 0 Å². The number of aromatic nitrogens is 1. The molecule has 0 atom stereocenters. The standard InChI is InChI=1S/C12H8N2O2S/c13-7-10-6-12(9-14-8-10)17(15,16)11-4-2-1-3-5-11/h1-6,8-9H. The number of sulfone groups is 1. The first kappa shape index (κ1) is 11.3. The van der Waals surface area contributed by atoms with Crippen molar-refractivity contribution in [2.24, 2.45) is 0 Å². The minimum atomic E-state index is -3.59. The van der Waals surface area contributed by atoms with Gasteiger partial charge in [0, 0.05) is 12.4 Å². The molecule has 0 saturated carbocycles. The Kier molecular flexibility index (Phi) is 2.90. The van der Waals surface area contributed by atoms with Crippen LogP contribution in [0, 0.1) is 11.3 Å². The summed E-state index contributed by atoms with van der Waals surface area (Å²) in [6.45, 7) is 0. The highest BCUT2D eigenvalue weighted by atomic mass is 32.2. The van der Waals surface area contributed by atoms with Gasteiger partial charge in [0.2, 0.25) is 9.84 Å². The van der Waals surface area contributed by atoms with E-state index in [0.29, 0.717) is 0 Å². The average Bonchev–Trinajstić information content (AvgIpc) is 2.40. The van der Waals surface area contributed by atoms with E-state index in [2.05, 4.69) is 4.98 Å². The van der Waals surface area contributed by atoms with Crippen molar-refractivity contribution in [3.05, 3.63) is 54.4 Å². The molecule has 1 aromatic heterocycles. The number of nitrogens with zero attached hydrogens (tertiary/aromatic N) is 2. The smallest absolute Gasteiger partial charge is 0.208 e. The van der Waals surface area contributed by atoms with Gasteiger partial charge < -0.3 is 0 Å². The van der Waals surface area contributed by atoms with Crippen LogP contribution in [-0.2, 0) is 9.84 Å². The molecule has 0 saturated heterocycles. The van der Waals surface area contributed by atoms with E-state index in [1.165, 1.54) is 30.6 Å². The molecule has 17 heavy (non-hydrogen) atoms. The second-order valence-corrected chi connectivity index (χ2v) is 5.29. The van der Waals surface area contributed by atoms with Crippen molar-refractivity contribution in [3.8, 4) is 6.07 Å². The first-order valence-electron chi connectivity index (χ1n) is 4.80. The lowest BCUT2D eigenvalue weighted by Gasteiger charge is -2.03. The fraction of sp³-hybridized carbons (Fsp3) is 0. The quantitative estimate of drug-likeness (QED) is 0.807. The zero-order valence-electron chi connectivity index (χ0n) is 8.74. The molecule has 1 heterocycles. The van der Waals surface area contributed by atoms with Gasteiger partial charge in [0.25, 0.3) is 0 Å². The van der Waals surface area contributed by atoms with Crippen LogP contribution in [0.1, 0.15) is 5.56 Å². The van der Waals surface area contributed by atoms with Gasteiger partial charge in [0.05, 0.1) is 15.4 Å². The summed E-state index contributed by atoms with van der Waals surface area (Å²) in [5.74, 6) is 0. The molecule has 0 spiro atoms. The maximum Gasteiger partial charge on any atom is 0.208 e. The molecule has 0 amide bonds. The molecule has 0 bridgehead atoms. The predicted molar refractivity (Wildman–Crippen MR) is 60.8 cm³/mol. The highest BCUT2D eigenvalue weighted by molar-refractivity contribution is 7.91. The summed E-state index contributed by atoms with van der Waals surface area (Å²) in [5.41, 5.74) is 0.224. The zero-order chi connectivity index (χ0) is 12.3. The molecular formula is C12H8N2O2S. The molecule has 0 aliphatic rings.